The fourth-order valence-corrected chi connectivity index (χ4v) is 0.746. The molecule has 0 aliphatic carbocycles. The number of alkyl halides is 2. The summed E-state index contributed by atoms with van der Waals surface area (Å²) in [6.07, 6.45) is -1.52. The predicted octanol–water partition coefficient (Wildman–Crippen LogP) is 2.15. The molecule has 62 valence electrons. The number of nitrogen functional groups attached to an aromatic ring is 1. The maximum absolute atomic E-state index is 12.2. The van der Waals surface area contributed by atoms with Crippen LogP contribution < -0.4 is 5.73 Å². The summed E-state index contributed by atoms with van der Waals surface area (Å²) in [7, 11) is 0. The lowest BCUT2D eigenvalue weighted by molar-refractivity contribution is 0.152. The molecule has 0 fully saturated rings. The first-order valence-corrected chi connectivity index (χ1v) is 3.06. The standard InChI is InChI=1S/C7H5F2N3/c1-11-7-5(6(8)9)2-4(10)3-12-7/h2-3,6H,10H2. The lowest BCUT2D eigenvalue weighted by Crippen LogP contribution is -1.92. The topological polar surface area (TPSA) is 43.3 Å². The van der Waals surface area contributed by atoms with Crippen LogP contribution in [0.25, 0.3) is 4.85 Å². The number of halogens is 2. The molecule has 0 aliphatic heterocycles. The molecular weight excluding hydrogens is 164 g/mol. The molecule has 0 bridgehead atoms. The molecule has 0 saturated heterocycles. The normalized spacial score (nSPS) is 9.83. The Morgan fingerprint density at radius 1 is 1.58 bits per heavy atom. The van der Waals surface area contributed by atoms with Crippen LogP contribution in [-0.2, 0) is 0 Å². The van der Waals surface area contributed by atoms with Crippen LogP contribution in [0.3, 0.4) is 0 Å². The van der Waals surface area contributed by atoms with Gasteiger partial charge in [-0.05, 0) is 6.07 Å². The molecule has 0 atom stereocenters. The molecule has 0 amide bonds. The van der Waals surface area contributed by atoms with Gasteiger partial charge in [0.05, 0.1) is 5.69 Å². The van der Waals surface area contributed by atoms with E-state index in [1.807, 2.05) is 0 Å². The van der Waals surface area contributed by atoms with E-state index in [2.05, 4.69) is 9.83 Å². The van der Waals surface area contributed by atoms with Crippen LogP contribution in [0.1, 0.15) is 12.0 Å². The van der Waals surface area contributed by atoms with Gasteiger partial charge in [-0.25, -0.2) is 8.78 Å². The number of rotatable bonds is 1. The fourth-order valence-electron chi connectivity index (χ4n) is 0.746. The third kappa shape index (κ3) is 1.48. The van der Waals surface area contributed by atoms with Crippen LogP contribution in [0.5, 0.6) is 0 Å². The molecule has 0 saturated carbocycles. The number of nitrogens with zero attached hydrogens (tertiary/aromatic N) is 2. The Kier molecular flexibility index (Phi) is 2.19. The highest BCUT2D eigenvalue weighted by Gasteiger charge is 2.14. The second kappa shape index (κ2) is 3.13. The molecule has 12 heavy (non-hydrogen) atoms. The van der Waals surface area contributed by atoms with E-state index in [1.165, 1.54) is 6.20 Å². The SMILES string of the molecule is [C-]#[N+]c1ncc(N)cc1C(F)F. The molecule has 1 aromatic rings. The van der Waals surface area contributed by atoms with Gasteiger partial charge in [-0.3, -0.25) is 0 Å². The van der Waals surface area contributed by atoms with Crippen LogP contribution in [0.15, 0.2) is 12.3 Å². The monoisotopic (exact) mass is 169 g/mol. The predicted molar refractivity (Wildman–Crippen MR) is 39.9 cm³/mol. The van der Waals surface area contributed by atoms with Crippen LogP contribution in [0.2, 0.25) is 0 Å². The second-order valence-electron chi connectivity index (χ2n) is 2.09. The maximum Gasteiger partial charge on any atom is 0.278 e. The van der Waals surface area contributed by atoms with E-state index in [-0.39, 0.29) is 11.5 Å². The van der Waals surface area contributed by atoms with Crippen molar-refractivity contribution in [3.05, 3.63) is 29.2 Å². The average molecular weight is 169 g/mol. The molecule has 1 aromatic heterocycles. The first-order valence-electron chi connectivity index (χ1n) is 3.06. The summed E-state index contributed by atoms with van der Waals surface area (Å²) in [5.41, 5.74) is 4.95. The maximum atomic E-state index is 12.2. The number of hydrogen-bond acceptors (Lipinski definition) is 2. The molecule has 3 nitrogen and oxygen atoms in total. The minimum absolute atomic E-state index is 0.137. The zero-order valence-corrected chi connectivity index (χ0v) is 5.96. The van der Waals surface area contributed by atoms with Crippen molar-refractivity contribution in [3.8, 4) is 0 Å². The molecular formula is C7H5F2N3. The Morgan fingerprint density at radius 2 is 2.25 bits per heavy atom. The van der Waals surface area contributed by atoms with Crippen LogP contribution in [0, 0.1) is 6.57 Å². The van der Waals surface area contributed by atoms with Gasteiger partial charge in [0.15, 0.2) is 0 Å². The average Bonchev–Trinajstić information content (AvgIpc) is 2.04. The van der Waals surface area contributed by atoms with Crippen LogP contribution >= 0.6 is 0 Å². The molecule has 1 rings (SSSR count). The van der Waals surface area contributed by atoms with Gasteiger partial charge in [0, 0.05) is 5.56 Å². The van der Waals surface area contributed by atoms with E-state index in [0.29, 0.717) is 0 Å². The number of hydrogen-bond donors (Lipinski definition) is 1. The highest BCUT2D eigenvalue weighted by Crippen LogP contribution is 2.28. The van der Waals surface area contributed by atoms with Gasteiger partial charge in [0.1, 0.15) is 6.20 Å². The van der Waals surface area contributed by atoms with Gasteiger partial charge in [0.2, 0.25) is 0 Å². The number of nitrogens with two attached hydrogens (primary N) is 1. The van der Waals surface area contributed by atoms with E-state index in [9.17, 15) is 8.78 Å². The van der Waals surface area contributed by atoms with Crippen molar-refractivity contribution in [3.63, 3.8) is 0 Å². The molecule has 0 spiro atoms. The fraction of sp³-hybridized carbons (Fsp3) is 0.143. The summed E-state index contributed by atoms with van der Waals surface area (Å²) in [5.74, 6) is -0.292. The highest BCUT2D eigenvalue weighted by molar-refractivity contribution is 5.52. The van der Waals surface area contributed by atoms with E-state index in [1.54, 1.807) is 0 Å². The lowest BCUT2D eigenvalue weighted by atomic mass is 10.2. The zero-order valence-electron chi connectivity index (χ0n) is 5.96. The van der Waals surface area contributed by atoms with Crippen molar-refractivity contribution in [2.24, 2.45) is 0 Å². The van der Waals surface area contributed by atoms with Gasteiger partial charge in [0.25, 0.3) is 12.2 Å². The summed E-state index contributed by atoms with van der Waals surface area (Å²) in [6, 6.07) is 1.06. The third-order valence-electron chi connectivity index (χ3n) is 1.26. The Bertz CT molecular complexity index is 330. The highest BCUT2D eigenvalue weighted by atomic mass is 19.3. The van der Waals surface area contributed by atoms with Crippen LogP contribution in [-0.4, -0.2) is 4.98 Å². The molecule has 1 heterocycles. The van der Waals surface area contributed by atoms with Crippen molar-refractivity contribution >= 4 is 11.5 Å². The minimum Gasteiger partial charge on any atom is -0.396 e. The summed E-state index contributed by atoms with van der Waals surface area (Å²) >= 11 is 0. The summed E-state index contributed by atoms with van der Waals surface area (Å²) in [5, 5.41) is 0. The minimum atomic E-state index is -2.70. The molecule has 5 heteroatoms. The van der Waals surface area contributed by atoms with Crippen LogP contribution in [0.4, 0.5) is 20.3 Å². The Labute approximate surface area is 67.7 Å². The Balaban J connectivity index is 3.24. The van der Waals surface area contributed by atoms with Crippen molar-refractivity contribution in [1.82, 2.24) is 4.98 Å². The Hall–Kier alpha value is -1.70. The number of anilines is 1. The largest absolute Gasteiger partial charge is 0.396 e. The first-order chi connectivity index (χ1) is 5.65. The zero-order chi connectivity index (χ0) is 9.14. The third-order valence-corrected chi connectivity index (χ3v) is 1.26. The molecule has 0 aliphatic rings. The number of pyridine rings is 1. The number of aromatic nitrogens is 1. The molecule has 0 aromatic carbocycles. The summed E-state index contributed by atoms with van der Waals surface area (Å²) in [6.45, 7) is 6.54. The van der Waals surface area contributed by atoms with E-state index >= 15 is 0 Å². The second-order valence-corrected chi connectivity index (χ2v) is 2.09. The lowest BCUT2D eigenvalue weighted by Gasteiger charge is -2.00. The summed E-state index contributed by atoms with van der Waals surface area (Å²) < 4.78 is 24.3. The Morgan fingerprint density at radius 3 is 2.75 bits per heavy atom. The smallest absolute Gasteiger partial charge is 0.278 e. The van der Waals surface area contributed by atoms with E-state index in [4.69, 9.17) is 12.3 Å². The van der Waals surface area contributed by atoms with Crippen molar-refractivity contribution in [2.75, 3.05) is 5.73 Å². The van der Waals surface area contributed by atoms with E-state index in [0.717, 1.165) is 6.07 Å². The quantitative estimate of drug-likeness (QED) is 0.654. The van der Waals surface area contributed by atoms with E-state index < -0.39 is 12.0 Å². The van der Waals surface area contributed by atoms with Gasteiger partial charge in [-0.15, -0.1) is 4.98 Å². The van der Waals surface area contributed by atoms with Gasteiger partial charge < -0.3 is 10.6 Å². The van der Waals surface area contributed by atoms with Crippen molar-refractivity contribution in [1.29, 1.82) is 0 Å². The first kappa shape index (κ1) is 8.40. The summed E-state index contributed by atoms with van der Waals surface area (Å²) in [4.78, 5) is 6.30. The molecule has 2 N–H and O–H groups in total. The van der Waals surface area contributed by atoms with Gasteiger partial charge >= 0.3 is 0 Å². The van der Waals surface area contributed by atoms with Gasteiger partial charge in [-0.2, -0.15) is 0 Å². The van der Waals surface area contributed by atoms with Crippen molar-refractivity contribution < 1.29 is 8.78 Å². The molecule has 0 radical (unpaired) electrons. The van der Waals surface area contributed by atoms with Crippen molar-refractivity contribution in [2.45, 2.75) is 6.43 Å². The van der Waals surface area contributed by atoms with Gasteiger partial charge in [-0.1, -0.05) is 6.57 Å². The molecule has 0 unspecified atom stereocenters.